The third-order valence-electron chi connectivity index (χ3n) is 6.06. The number of nitriles is 1. The summed E-state index contributed by atoms with van der Waals surface area (Å²) in [7, 11) is 1.48. The molecule has 7 heteroatoms. The number of allylic oxidation sites excluding steroid dienone is 4. The van der Waals surface area contributed by atoms with Crippen LogP contribution in [0.1, 0.15) is 49.7 Å². The van der Waals surface area contributed by atoms with Crippen molar-refractivity contribution in [2.45, 2.75) is 38.5 Å². The second kappa shape index (κ2) is 9.13. The zero-order chi connectivity index (χ0) is 23.7. The summed E-state index contributed by atoms with van der Waals surface area (Å²) in [6.07, 6.45) is 0.997. The van der Waals surface area contributed by atoms with Gasteiger partial charge in [0.1, 0.15) is 0 Å². The lowest BCUT2D eigenvalue weighted by molar-refractivity contribution is -0.132. The predicted molar refractivity (Wildman–Crippen MR) is 124 cm³/mol. The van der Waals surface area contributed by atoms with Gasteiger partial charge in [-0.05, 0) is 54.7 Å². The number of dihydropyridines is 1. The lowest BCUT2D eigenvalue weighted by Crippen LogP contribution is -2.33. The van der Waals surface area contributed by atoms with Gasteiger partial charge in [-0.25, -0.2) is 0 Å². The van der Waals surface area contributed by atoms with Gasteiger partial charge in [0.2, 0.25) is 0 Å². The van der Waals surface area contributed by atoms with Gasteiger partial charge in [-0.1, -0.05) is 29.8 Å². The monoisotopic (exact) mass is 462 g/mol. The number of hydrogen-bond donors (Lipinski definition) is 1. The van der Waals surface area contributed by atoms with Crippen LogP contribution in [0.25, 0.3) is 0 Å². The highest BCUT2D eigenvalue weighted by Gasteiger charge is 2.39. The maximum atomic E-state index is 13.4. The number of Topliss-reactive ketones (excluding diaryl/α,β-unsaturated/α-hetero) is 1. The fraction of sp³-hybridized carbons (Fsp3) is 0.269. The number of ketones is 1. The zero-order valence-corrected chi connectivity index (χ0v) is 19.3. The summed E-state index contributed by atoms with van der Waals surface area (Å²) in [6.45, 7) is 3.16. The minimum Gasteiger partial charge on any atom is -0.493 e. The second-order valence-electron chi connectivity index (χ2n) is 8.18. The number of nitrogens with zero attached hydrogens (tertiary/aromatic N) is 1. The van der Waals surface area contributed by atoms with Crippen molar-refractivity contribution in [1.82, 2.24) is 5.32 Å². The molecule has 2 aromatic rings. The Kier molecular flexibility index (Phi) is 6.26. The fourth-order valence-corrected chi connectivity index (χ4v) is 4.72. The van der Waals surface area contributed by atoms with E-state index in [1.807, 2.05) is 31.2 Å². The Labute approximate surface area is 197 Å². The van der Waals surface area contributed by atoms with Crippen molar-refractivity contribution in [3.63, 3.8) is 0 Å². The summed E-state index contributed by atoms with van der Waals surface area (Å²) in [6, 6.07) is 15.0. The van der Waals surface area contributed by atoms with Gasteiger partial charge in [0, 0.05) is 35.3 Å². The molecule has 2 atom stereocenters. The summed E-state index contributed by atoms with van der Waals surface area (Å²) in [4.78, 5) is 24.9. The first kappa shape index (κ1) is 22.6. The SMILES string of the molecule is COc1cc(C2C(C#N)=C(C)NC3=C2C(=O)CC(c2ccc(Cl)cc2)C3)ccc1OC(C)=O. The molecule has 1 aliphatic heterocycles. The summed E-state index contributed by atoms with van der Waals surface area (Å²) < 4.78 is 10.6. The summed E-state index contributed by atoms with van der Waals surface area (Å²) >= 11 is 6.03. The van der Waals surface area contributed by atoms with E-state index in [1.54, 1.807) is 18.2 Å². The summed E-state index contributed by atoms with van der Waals surface area (Å²) in [5.74, 6) is -0.312. The van der Waals surface area contributed by atoms with E-state index in [-0.39, 0.29) is 17.5 Å². The summed E-state index contributed by atoms with van der Waals surface area (Å²) in [5.41, 5.74) is 4.41. The molecule has 168 valence electrons. The Balaban J connectivity index is 1.77. The third-order valence-corrected chi connectivity index (χ3v) is 6.32. The average molecular weight is 463 g/mol. The molecule has 0 amide bonds. The second-order valence-corrected chi connectivity index (χ2v) is 8.62. The van der Waals surface area contributed by atoms with Gasteiger partial charge in [0.05, 0.1) is 24.7 Å². The molecular weight excluding hydrogens is 440 g/mol. The van der Waals surface area contributed by atoms with Gasteiger partial charge in [0.25, 0.3) is 0 Å². The largest absolute Gasteiger partial charge is 0.493 e. The van der Waals surface area contributed by atoms with Crippen LogP contribution in [0.15, 0.2) is 65.0 Å². The standard InChI is InChI=1S/C26H23ClN2O4/c1-14-20(13-28)25(17-6-9-23(33-15(2)30)24(12-17)32-3)26-21(29-14)10-18(11-22(26)31)16-4-7-19(27)8-5-16/h4-9,12,18,25,29H,10-11H2,1-3H3. The number of hydrogen-bond acceptors (Lipinski definition) is 6. The van der Waals surface area contributed by atoms with E-state index < -0.39 is 11.9 Å². The lowest BCUT2D eigenvalue weighted by Gasteiger charge is -2.35. The van der Waals surface area contributed by atoms with Crippen LogP contribution in [0, 0.1) is 11.3 Å². The van der Waals surface area contributed by atoms with E-state index >= 15 is 0 Å². The molecule has 2 unspecified atom stereocenters. The van der Waals surface area contributed by atoms with Crippen molar-refractivity contribution >= 4 is 23.4 Å². The molecule has 2 aliphatic rings. The van der Waals surface area contributed by atoms with Crippen molar-refractivity contribution in [1.29, 1.82) is 5.26 Å². The third kappa shape index (κ3) is 4.37. The molecular formula is C26H23ClN2O4. The highest BCUT2D eigenvalue weighted by Crippen LogP contribution is 2.46. The molecule has 2 aromatic carbocycles. The molecule has 1 aliphatic carbocycles. The Bertz CT molecular complexity index is 1240. The normalized spacial score (nSPS) is 20.0. The molecule has 33 heavy (non-hydrogen) atoms. The Morgan fingerprint density at radius 3 is 2.45 bits per heavy atom. The maximum Gasteiger partial charge on any atom is 0.308 e. The Morgan fingerprint density at radius 1 is 1.12 bits per heavy atom. The number of ether oxygens (including phenoxy) is 2. The smallest absolute Gasteiger partial charge is 0.308 e. The number of benzene rings is 2. The van der Waals surface area contributed by atoms with Crippen molar-refractivity contribution in [3.8, 4) is 17.6 Å². The lowest BCUT2D eigenvalue weighted by atomic mass is 9.72. The average Bonchev–Trinajstić information content (AvgIpc) is 2.78. The number of methoxy groups -OCH3 is 1. The van der Waals surface area contributed by atoms with Crippen LogP contribution >= 0.6 is 11.6 Å². The number of esters is 1. The number of rotatable bonds is 4. The van der Waals surface area contributed by atoms with Crippen molar-refractivity contribution in [2.75, 3.05) is 7.11 Å². The van der Waals surface area contributed by atoms with Gasteiger partial charge in [-0.15, -0.1) is 0 Å². The van der Waals surface area contributed by atoms with Crippen molar-refractivity contribution < 1.29 is 19.1 Å². The molecule has 0 aromatic heterocycles. The van der Waals surface area contributed by atoms with E-state index in [9.17, 15) is 14.9 Å². The van der Waals surface area contributed by atoms with E-state index in [1.165, 1.54) is 14.0 Å². The van der Waals surface area contributed by atoms with Crippen LogP contribution in [0.4, 0.5) is 0 Å². The quantitative estimate of drug-likeness (QED) is 0.498. The summed E-state index contributed by atoms with van der Waals surface area (Å²) in [5, 5.41) is 13.9. The van der Waals surface area contributed by atoms with E-state index in [2.05, 4.69) is 11.4 Å². The van der Waals surface area contributed by atoms with E-state index in [0.29, 0.717) is 40.5 Å². The first-order chi connectivity index (χ1) is 15.8. The van der Waals surface area contributed by atoms with E-state index in [4.69, 9.17) is 21.1 Å². The highest BCUT2D eigenvalue weighted by atomic mass is 35.5. The van der Waals surface area contributed by atoms with Crippen molar-refractivity contribution in [3.05, 3.63) is 81.2 Å². The fourth-order valence-electron chi connectivity index (χ4n) is 4.59. The molecule has 0 spiro atoms. The van der Waals surface area contributed by atoms with Gasteiger partial charge in [-0.3, -0.25) is 9.59 Å². The minimum absolute atomic E-state index is 0.00280. The first-order valence-electron chi connectivity index (χ1n) is 10.6. The van der Waals surface area contributed by atoms with Crippen LogP contribution in [-0.4, -0.2) is 18.9 Å². The van der Waals surface area contributed by atoms with Gasteiger partial charge in [0.15, 0.2) is 17.3 Å². The van der Waals surface area contributed by atoms with Crippen molar-refractivity contribution in [2.24, 2.45) is 0 Å². The molecule has 6 nitrogen and oxygen atoms in total. The topological polar surface area (TPSA) is 88.4 Å². The van der Waals surface area contributed by atoms with Crippen LogP contribution in [0.3, 0.4) is 0 Å². The number of nitrogens with one attached hydrogen (secondary N) is 1. The predicted octanol–water partition coefficient (Wildman–Crippen LogP) is 5.16. The maximum absolute atomic E-state index is 13.4. The number of carbonyl (C=O) groups is 2. The zero-order valence-electron chi connectivity index (χ0n) is 18.6. The van der Waals surface area contributed by atoms with Gasteiger partial charge < -0.3 is 14.8 Å². The molecule has 0 bridgehead atoms. The first-order valence-corrected chi connectivity index (χ1v) is 11.0. The highest BCUT2D eigenvalue weighted by molar-refractivity contribution is 6.30. The van der Waals surface area contributed by atoms with Crippen LogP contribution in [-0.2, 0) is 9.59 Å². The van der Waals surface area contributed by atoms with Crippen LogP contribution in [0.5, 0.6) is 11.5 Å². The molecule has 0 saturated carbocycles. The van der Waals surface area contributed by atoms with Crippen LogP contribution in [0.2, 0.25) is 5.02 Å². The molecule has 4 rings (SSSR count). The Morgan fingerprint density at radius 2 is 1.82 bits per heavy atom. The molecule has 1 heterocycles. The molecule has 0 fully saturated rings. The molecule has 1 N–H and O–H groups in total. The molecule has 0 saturated heterocycles. The number of halogens is 1. The minimum atomic E-state index is -0.523. The van der Waals surface area contributed by atoms with Gasteiger partial charge in [-0.2, -0.15) is 5.26 Å². The van der Waals surface area contributed by atoms with Gasteiger partial charge >= 0.3 is 5.97 Å². The Hall–Kier alpha value is -3.56. The van der Waals surface area contributed by atoms with Crippen LogP contribution < -0.4 is 14.8 Å². The van der Waals surface area contributed by atoms with E-state index in [0.717, 1.165) is 16.8 Å². The number of carbonyl (C=O) groups excluding carboxylic acids is 2. The molecule has 0 radical (unpaired) electrons.